The number of hydrogen-bond acceptors (Lipinski definition) is 3. The van der Waals surface area contributed by atoms with Crippen LogP contribution in [0, 0.1) is 0 Å². The fourth-order valence-corrected chi connectivity index (χ4v) is 1.40. The minimum absolute atomic E-state index is 0.799. The van der Waals surface area contributed by atoms with E-state index in [-0.39, 0.29) is 0 Å². The third kappa shape index (κ3) is 5.02. The van der Waals surface area contributed by atoms with Gasteiger partial charge in [-0.25, -0.2) is 0 Å². The zero-order valence-corrected chi connectivity index (χ0v) is 8.96. The van der Waals surface area contributed by atoms with Gasteiger partial charge in [0.25, 0.3) is 0 Å². The lowest BCUT2D eigenvalue weighted by atomic mass is 10.1. The number of nitrogens with one attached hydrogen (secondary N) is 1. The number of hydrogen-bond donors (Lipinski definition) is 1. The third-order valence-corrected chi connectivity index (χ3v) is 2.25. The lowest BCUT2D eigenvalue weighted by molar-refractivity contribution is 0.372. The summed E-state index contributed by atoms with van der Waals surface area (Å²) in [5.74, 6) is 0.915. The van der Waals surface area contributed by atoms with E-state index < -0.39 is 0 Å². The van der Waals surface area contributed by atoms with Gasteiger partial charge in [-0.2, -0.15) is 0 Å². The molecule has 1 aromatic heterocycles. The van der Waals surface area contributed by atoms with Crippen molar-refractivity contribution in [1.29, 1.82) is 0 Å². The molecule has 0 fully saturated rings. The molecule has 1 N–H and O–H groups in total. The lowest BCUT2D eigenvalue weighted by Crippen LogP contribution is -2.14. The van der Waals surface area contributed by atoms with Gasteiger partial charge in [-0.15, -0.1) is 0 Å². The smallest absolute Gasteiger partial charge is 0.150 e. The van der Waals surface area contributed by atoms with Crippen LogP contribution in [0.4, 0.5) is 0 Å². The molecule has 0 saturated heterocycles. The predicted molar refractivity (Wildman–Crippen MR) is 57.0 cm³/mol. The number of nitrogens with zero attached hydrogens (tertiary/aromatic N) is 1. The lowest BCUT2D eigenvalue weighted by Gasteiger charge is -2.01. The van der Waals surface area contributed by atoms with Crippen molar-refractivity contribution < 1.29 is 4.52 Å². The normalized spacial score (nSPS) is 10.6. The van der Waals surface area contributed by atoms with E-state index in [1.165, 1.54) is 32.1 Å². The largest absolute Gasteiger partial charge is 0.360 e. The highest BCUT2D eigenvalue weighted by Gasteiger charge is 1.95. The molecule has 3 heteroatoms. The van der Waals surface area contributed by atoms with Crippen molar-refractivity contribution in [2.24, 2.45) is 0 Å². The molecule has 14 heavy (non-hydrogen) atoms. The summed E-state index contributed by atoms with van der Waals surface area (Å²) in [6, 6.07) is 1.89. The van der Waals surface area contributed by atoms with Crippen LogP contribution in [0.5, 0.6) is 0 Å². The quantitative estimate of drug-likeness (QED) is 0.650. The molecule has 1 heterocycles. The van der Waals surface area contributed by atoms with Crippen molar-refractivity contribution >= 4 is 0 Å². The van der Waals surface area contributed by atoms with Gasteiger partial charge in [0.2, 0.25) is 0 Å². The second-order valence-corrected chi connectivity index (χ2v) is 3.57. The van der Waals surface area contributed by atoms with E-state index in [0.717, 1.165) is 18.8 Å². The monoisotopic (exact) mass is 196 g/mol. The van der Waals surface area contributed by atoms with Crippen LogP contribution in [-0.4, -0.2) is 11.7 Å². The first-order valence-electron chi connectivity index (χ1n) is 5.53. The highest BCUT2D eigenvalue weighted by Crippen LogP contribution is 2.01. The van der Waals surface area contributed by atoms with Gasteiger partial charge in [-0.1, -0.05) is 37.8 Å². The van der Waals surface area contributed by atoms with Crippen LogP contribution in [-0.2, 0) is 6.54 Å². The zero-order chi connectivity index (χ0) is 10.1. The minimum Gasteiger partial charge on any atom is -0.360 e. The van der Waals surface area contributed by atoms with Crippen LogP contribution in [0.15, 0.2) is 16.8 Å². The van der Waals surface area contributed by atoms with Crippen molar-refractivity contribution in [1.82, 2.24) is 10.5 Å². The maximum Gasteiger partial charge on any atom is 0.150 e. The van der Waals surface area contributed by atoms with Crippen LogP contribution in [0.2, 0.25) is 0 Å². The minimum atomic E-state index is 0.799. The number of unbranched alkanes of at least 4 members (excludes halogenated alkanes) is 4. The van der Waals surface area contributed by atoms with E-state index in [0.29, 0.717) is 0 Å². The second kappa shape index (κ2) is 7.56. The molecule has 0 saturated carbocycles. The summed E-state index contributed by atoms with van der Waals surface area (Å²) in [6.45, 7) is 4.11. The van der Waals surface area contributed by atoms with Gasteiger partial charge in [0.15, 0.2) is 0 Å². The molecule has 3 nitrogen and oxygen atoms in total. The topological polar surface area (TPSA) is 38.1 Å². The molecule has 1 aromatic rings. The third-order valence-electron chi connectivity index (χ3n) is 2.25. The highest BCUT2D eigenvalue weighted by atomic mass is 16.5. The molecule has 0 bridgehead atoms. The van der Waals surface area contributed by atoms with Gasteiger partial charge < -0.3 is 9.84 Å². The summed E-state index contributed by atoms with van der Waals surface area (Å²) in [6.07, 6.45) is 8.30. The van der Waals surface area contributed by atoms with E-state index in [2.05, 4.69) is 17.4 Å². The summed E-state index contributed by atoms with van der Waals surface area (Å²) in [5.41, 5.74) is 0. The predicted octanol–water partition coefficient (Wildman–Crippen LogP) is 2.73. The molecular weight excluding hydrogens is 176 g/mol. The molecule has 0 aliphatic heterocycles. The summed E-state index contributed by atoms with van der Waals surface area (Å²) in [7, 11) is 0. The van der Waals surface area contributed by atoms with Crippen LogP contribution >= 0.6 is 0 Å². The van der Waals surface area contributed by atoms with E-state index in [1.54, 1.807) is 6.20 Å². The Kier molecular flexibility index (Phi) is 6.07. The van der Waals surface area contributed by atoms with E-state index >= 15 is 0 Å². The van der Waals surface area contributed by atoms with E-state index in [9.17, 15) is 0 Å². The van der Waals surface area contributed by atoms with Crippen molar-refractivity contribution in [2.75, 3.05) is 6.54 Å². The van der Waals surface area contributed by atoms with Gasteiger partial charge in [0.05, 0.1) is 12.7 Å². The van der Waals surface area contributed by atoms with Crippen LogP contribution < -0.4 is 5.32 Å². The standard InChI is InChI=1S/C11H20N2O/c1-2-3-4-5-6-8-12-10-11-7-9-13-14-11/h7,9,12H,2-6,8,10H2,1H3. The molecule has 0 radical (unpaired) electrons. The van der Waals surface area contributed by atoms with Gasteiger partial charge in [-0.3, -0.25) is 0 Å². The Morgan fingerprint density at radius 2 is 2.14 bits per heavy atom. The van der Waals surface area contributed by atoms with E-state index in [4.69, 9.17) is 4.52 Å². The fraction of sp³-hybridized carbons (Fsp3) is 0.727. The van der Waals surface area contributed by atoms with Crippen molar-refractivity contribution in [3.8, 4) is 0 Å². The van der Waals surface area contributed by atoms with Crippen LogP contribution in [0.1, 0.15) is 44.8 Å². The highest BCUT2D eigenvalue weighted by molar-refractivity contribution is 4.91. The molecule has 0 amide bonds. The molecule has 0 aromatic carbocycles. The molecule has 1 rings (SSSR count). The first-order chi connectivity index (χ1) is 6.93. The summed E-state index contributed by atoms with van der Waals surface area (Å²) in [4.78, 5) is 0. The van der Waals surface area contributed by atoms with E-state index in [1.807, 2.05) is 6.07 Å². The van der Waals surface area contributed by atoms with Crippen molar-refractivity contribution in [3.63, 3.8) is 0 Å². The zero-order valence-electron chi connectivity index (χ0n) is 8.96. The maximum absolute atomic E-state index is 4.97. The maximum atomic E-state index is 4.97. The van der Waals surface area contributed by atoms with Gasteiger partial charge in [0.1, 0.15) is 5.76 Å². The van der Waals surface area contributed by atoms with Crippen molar-refractivity contribution in [2.45, 2.75) is 45.6 Å². The average molecular weight is 196 g/mol. The number of rotatable bonds is 8. The van der Waals surface area contributed by atoms with Gasteiger partial charge in [0, 0.05) is 6.07 Å². The Bertz CT molecular complexity index is 209. The van der Waals surface area contributed by atoms with Crippen molar-refractivity contribution in [3.05, 3.63) is 18.0 Å². The molecule has 80 valence electrons. The Morgan fingerprint density at radius 3 is 2.86 bits per heavy atom. The molecule has 0 unspecified atom stereocenters. The van der Waals surface area contributed by atoms with Gasteiger partial charge in [-0.05, 0) is 13.0 Å². The Hall–Kier alpha value is -0.830. The van der Waals surface area contributed by atoms with Crippen LogP contribution in [0.25, 0.3) is 0 Å². The fourth-order valence-electron chi connectivity index (χ4n) is 1.40. The summed E-state index contributed by atoms with van der Waals surface area (Å²) >= 11 is 0. The number of aromatic nitrogens is 1. The SMILES string of the molecule is CCCCCCCNCc1ccno1. The first kappa shape index (κ1) is 11.2. The molecular formula is C11H20N2O. The van der Waals surface area contributed by atoms with Gasteiger partial charge >= 0.3 is 0 Å². The summed E-state index contributed by atoms with van der Waals surface area (Å²) < 4.78 is 4.97. The Morgan fingerprint density at radius 1 is 1.29 bits per heavy atom. The van der Waals surface area contributed by atoms with Crippen LogP contribution in [0.3, 0.4) is 0 Å². The summed E-state index contributed by atoms with van der Waals surface area (Å²) in [5, 5.41) is 6.98. The molecule has 0 spiro atoms. The average Bonchev–Trinajstić information content (AvgIpc) is 2.69. The molecule has 0 aliphatic rings. The Balaban J connectivity index is 1.85. The second-order valence-electron chi connectivity index (χ2n) is 3.57. The first-order valence-corrected chi connectivity index (χ1v) is 5.53. The Labute approximate surface area is 85.9 Å². The molecule has 0 atom stereocenters. The molecule has 0 aliphatic carbocycles.